The van der Waals surface area contributed by atoms with E-state index in [4.69, 9.17) is 5.11 Å². The summed E-state index contributed by atoms with van der Waals surface area (Å²) in [6, 6.07) is 7.79. The summed E-state index contributed by atoms with van der Waals surface area (Å²) in [5.41, 5.74) is 2.08. The van der Waals surface area contributed by atoms with Gasteiger partial charge >= 0.3 is 0 Å². The number of nitrogens with one attached hydrogen (secondary N) is 2. The molecule has 2 amide bonds. The van der Waals surface area contributed by atoms with Gasteiger partial charge in [-0.15, -0.1) is 0 Å². The Labute approximate surface area is 134 Å². The standard InChI is InChI=1S/C16H20N4O3/c21-9-8-20-15(22)11-14(16(20)23)18-12-2-1-3-13(10-12)19-6-4-17-5-7-19/h1-3,10-11,17-18,21H,4-9H2. The van der Waals surface area contributed by atoms with E-state index in [-0.39, 0.29) is 18.8 Å². The van der Waals surface area contributed by atoms with Gasteiger partial charge in [0, 0.05) is 43.6 Å². The van der Waals surface area contributed by atoms with Crippen LogP contribution in [0.4, 0.5) is 11.4 Å². The third-order valence-corrected chi connectivity index (χ3v) is 3.94. The zero-order valence-corrected chi connectivity index (χ0v) is 12.8. The van der Waals surface area contributed by atoms with Crippen molar-refractivity contribution >= 4 is 23.2 Å². The molecule has 23 heavy (non-hydrogen) atoms. The maximum absolute atomic E-state index is 12.1. The minimum absolute atomic E-state index is 0.0141. The van der Waals surface area contributed by atoms with Gasteiger partial charge < -0.3 is 20.6 Å². The molecule has 0 spiro atoms. The Morgan fingerprint density at radius 2 is 2.00 bits per heavy atom. The molecular formula is C16H20N4O3. The summed E-state index contributed by atoms with van der Waals surface area (Å²) >= 11 is 0. The number of carbonyl (C=O) groups is 2. The highest BCUT2D eigenvalue weighted by molar-refractivity contribution is 6.17. The molecule has 1 saturated heterocycles. The van der Waals surface area contributed by atoms with Crippen LogP contribution in [0.1, 0.15) is 0 Å². The molecule has 0 atom stereocenters. The normalized spacial score (nSPS) is 18.4. The molecule has 0 aliphatic carbocycles. The molecule has 3 N–H and O–H groups in total. The molecule has 0 aromatic heterocycles. The van der Waals surface area contributed by atoms with E-state index in [1.807, 2.05) is 24.3 Å². The fraction of sp³-hybridized carbons (Fsp3) is 0.375. The number of anilines is 2. The minimum Gasteiger partial charge on any atom is -0.395 e. The number of amides is 2. The molecule has 2 aliphatic rings. The van der Waals surface area contributed by atoms with Crippen LogP contribution in [0, 0.1) is 0 Å². The summed E-state index contributed by atoms with van der Waals surface area (Å²) in [5, 5.41) is 15.2. The predicted octanol–water partition coefficient (Wildman–Crippen LogP) is -0.247. The van der Waals surface area contributed by atoms with Gasteiger partial charge in [0.2, 0.25) is 0 Å². The average molecular weight is 316 g/mol. The third-order valence-electron chi connectivity index (χ3n) is 3.94. The van der Waals surface area contributed by atoms with E-state index in [2.05, 4.69) is 15.5 Å². The maximum Gasteiger partial charge on any atom is 0.277 e. The Morgan fingerprint density at radius 1 is 1.22 bits per heavy atom. The second kappa shape index (κ2) is 6.80. The Kier molecular flexibility index (Phi) is 4.59. The minimum atomic E-state index is -0.406. The number of benzene rings is 1. The monoisotopic (exact) mass is 316 g/mol. The van der Waals surface area contributed by atoms with E-state index in [1.54, 1.807) is 0 Å². The van der Waals surface area contributed by atoms with Crippen LogP contribution in [0.2, 0.25) is 0 Å². The number of rotatable bonds is 5. The topological polar surface area (TPSA) is 84.9 Å². The first kappa shape index (κ1) is 15.5. The maximum atomic E-state index is 12.1. The van der Waals surface area contributed by atoms with Crippen LogP contribution >= 0.6 is 0 Å². The summed E-state index contributed by atoms with van der Waals surface area (Å²) < 4.78 is 0. The van der Waals surface area contributed by atoms with Crippen molar-refractivity contribution in [2.75, 3.05) is 49.5 Å². The van der Waals surface area contributed by atoms with E-state index >= 15 is 0 Å². The summed E-state index contributed by atoms with van der Waals surface area (Å²) in [5.74, 6) is -0.804. The van der Waals surface area contributed by atoms with Gasteiger partial charge in [-0.2, -0.15) is 0 Å². The summed E-state index contributed by atoms with van der Waals surface area (Å²) in [4.78, 5) is 27.2. The molecule has 0 saturated carbocycles. The van der Waals surface area contributed by atoms with Crippen LogP contribution in [-0.4, -0.2) is 61.2 Å². The zero-order chi connectivity index (χ0) is 16.2. The highest BCUT2D eigenvalue weighted by Gasteiger charge is 2.30. The van der Waals surface area contributed by atoms with Crippen molar-refractivity contribution in [2.45, 2.75) is 0 Å². The number of nitrogens with zero attached hydrogens (tertiary/aromatic N) is 2. The average Bonchev–Trinajstić information content (AvgIpc) is 2.84. The highest BCUT2D eigenvalue weighted by atomic mass is 16.3. The van der Waals surface area contributed by atoms with Crippen molar-refractivity contribution in [1.82, 2.24) is 10.2 Å². The molecule has 1 aromatic rings. The third kappa shape index (κ3) is 3.35. The van der Waals surface area contributed by atoms with Crippen LogP contribution in [0.25, 0.3) is 0 Å². The molecule has 0 unspecified atom stereocenters. The van der Waals surface area contributed by atoms with E-state index in [1.165, 1.54) is 6.08 Å². The second-order valence-electron chi connectivity index (χ2n) is 5.49. The molecule has 2 aliphatic heterocycles. The lowest BCUT2D eigenvalue weighted by atomic mass is 10.2. The number of hydrogen-bond donors (Lipinski definition) is 3. The molecular weight excluding hydrogens is 296 g/mol. The lowest BCUT2D eigenvalue weighted by Gasteiger charge is -2.29. The number of carbonyl (C=O) groups excluding carboxylic acids is 2. The fourth-order valence-corrected chi connectivity index (χ4v) is 2.77. The highest BCUT2D eigenvalue weighted by Crippen LogP contribution is 2.22. The number of piperazine rings is 1. The largest absolute Gasteiger partial charge is 0.395 e. The number of β-amino-alcohol motifs (C(OH)–C–C–N with tert-alkyl or cyclic N) is 1. The Morgan fingerprint density at radius 3 is 2.74 bits per heavy atom. The van der Waals surface area contributed by atoms with E-state index < -0.39 is 11.8 Å². The summed E-state index contributed by atoms with van der Waals surface area (Å²) in [6.45, 7) is 3.55. The van der Waals surface area contributed by atoms with Gasteiger partial charge in [-0.3, -0.25) is 14.5 Å². The Hall–Kier alpha value is -2.38. The number of aliphatic hydroxyl groups is 1. The van der Waals surface area contributed by atoms with Crippen LogP contribution in [0.3, 0.4) is 0 Å². The molecule has 3 rings (SSSR count). The van der Waals surface area contributed by atoms with Crippen molar-refractivity contribution in [3.63, 3.8) is 0 Å². The van der Waals surface area contributed by atoms with Crippen molar-refractivity contribution in [2.24, 2.45) is 0 Å². The van der Waals surface area contributed by atoms with Crippen LogP contribution in [0.5, 0.6) is 0 Å². The van der Waals surface area contributed by atoms with Gasteiger partial charge in [-0.1, -0.05) is 6.07 Å². The number of aliphatic hydroxyl groups excluding tert-OH is 1. The number of hydrogen-bond acceptors (Lipinski definition) is 6. The van der Waals surface area contributed by atoms with E-state index in [0.29, 0.717) is 0 Å². The van der Waals surface area contributed by atoms with Gasteiger partial charge in [0.1, 0.15) is 5.70 Å². The first-order valence-electron chi connectivity index (χ1n) is 7.70. The summed E-state index contributed by atoms with van der Waals surface area (Å²) in [7, 11) is 0. The van der Waals surface area contributed by atoms with Crippen molar-refractivity contribution in [1.29, 1.82) is 0 Å². The van der Waals surface area contributed by atoms with Gasteiger partial charge in [-0.05, 0) is 18.2 Å². The van der Waals surface area contributed by atoms with Gasteiger partial charge in [0.25, 0.3) is 11.8 Å². The molecule has 122 valence electrons. The summed E-state index contributed by atoms with van der Waals surface area (Å²) in [6.07, 6.45) is 1.27. The van der Waals surface area contributed by atoms with Crippen LogP contribution in [0.15, 0.2) is 36.0 Å². The molecule has 1 fully saturated rings. The molecule has 0 bridgehead atoms. The van der Waals surface area contributed by atoms with E-state index in [0.717, 1.165) is 42.5 Å². The molecule has 0 radical (unpaired) electrons. The van der Waals surface area contributed by atoms with Crippen molar-refractivity contribution in [3.8, 4) is 0 Å². The second-order valence-corrected chi connectivity index (χ2v) is 5.49. The smallest absolute Gasteiger partial charge is 0.277 e. The van der Waals surface area contributed by atoms with Gasteiger partial charge in [0.05, 0.1) is 13.2 Å². The quantitative estimate of drug-likeness (QED) is 0.650. The molecule has 7 heteroatoms. The predicted molar refractivity (Wildman–Crippen MR) is 87.0 cm³/mol. The number of imide groups is 1. The van der Waals surface area contributed by atoms with Crippen LogP contribution < -0.4 is 15.5 Å². The SMILES string of the molecule is O=C1C=C(Nc2cccc(N3CCNCC3)c2)C(=O)N1CCO. The fourth-order valence-electron chi connectivity index (χ4n) is 2.77. The lowest BCUT2D eigenvalue weighted by molar-refractivity contribution is -0.137. The van der Waals surface area contributed by atoms with Crippen LogP contribution in [-0.2, 0) is 9.59 Å². The molecule has 2 heterocycles. The van der Waals surface area contributed by atoms with E-state index in [9.17, 15) is 9.59 Å². The molecule has 7 nitrogen and oxygen atoms in total. The first-order valence-corrected chi connectivity index (χ1v) is 7.70. The van der Waals surface area contributed by atoms with Gasteiger partial charge in [-0.25, -0.2) is 0 Å². The Bertz CT molecular complexity index is 638. The van der Waals surface area contributed by atoms with Gasteiger partial charge in [0.15, 0.2) is 0 Å². The van der Waals surface area contributed by atoms with Crippen molar-refractivity contribution < 1.29 is 14.7 Å². The lowest BCUT2D eigenvalue weighted by Crippen LogP contribution is -2.43. The zero-order valence-electron chi connectivity index (χ0n) is 12.8. The first-order chi connectivity index (χ1) is 11.2. The molecule has 1 aromatic carbocycles. The Balaban J connectivity index is 1.72. The van der Waals surface area contributed by atoms with Crippen molar-refractivity contribution in [3.05, 3.63) is 36.0 Å².